The summed E-state index contributed by atoms with van der Waals surface area (Å²) in [6.07, 6.45) is 9.39. The summed E-state index contributed by atoms with van der Waals surface area (Å²) in [5, 5.41) is 34.2. The first-order valence-electron chi connectivity index (χ1n) is 21.7. The van der Waals surface area contributed by atoms with Crippen molar-refractivity contribution in [3.8, 4) is 0 Å². The standard InChI is InChI=1S/C47H76ClNO10Si/c1-13-38(56-10)33(4)42-43(59-42)44(49(26-15-27-50)30-35-18-20-37(48)21-19-35)47(9,54)24-14-16-31(2)41-32(3)17-22-39(57-34(5)51)46(8,53)25-23-36(28-40(52)58-41)29-45(6,7)60(11,12)55/h14,16-22,24,32-33,36,38-39,41-44,50,53-55H,13,15,23,25-30H2,1-12H3/b22-17+,24-14+,31-16+/t32?,33-,36?,38+,39+,41-,42?,43?,44?,46?,47?/m1/s1. The molecular weight excluding hydrogens is 802 g/mol. The lowest BCUT2D eigenvalue weighted by molar-refractivity contribution is -0.156. The number of hydrogen-bond acceptors (Lipinski definition) is 11. The van der Waals surface area contributed by atoms with Crippen LogP contribution in [0.15, 0.2) is 60.2 Å². The van der Waals surface area contributed by atoms with Crippen molar-refractivity contribution in [1.29, 1.82) is 0 Å². The number of aliphatic hydroxyl groups is 3. The fourth-order valence-electron chi connectivity index (χ4n) is 8.55. The van der Waals surface area contributed by atoms with Gasteiger partial charge in [-0.3, -0.25) is 14.5 Å². The molecule has 0 aliphatic carbocycles. The minimum absolute atomic E-state index is 0.0117. The number of nitrogens with zero attached hydrogens (tertiary/aromatic N) is 1. The van der Waals surface area contributed by atoms with E-state index in [-0.39, 0.29) is 61.5 Å². The average molecular weight is 879 g/mol. The van der Waals surface area contributed by atoms with Gasteiger partial charge in [0.2, 0.25) is 0 Å². The van der Waals surface area contributed by atoms with Gasteiger partial charge in [-0.1, -0.05) is 82.7 Å². The summed E-state index contributed by atoms with van der Waals surface area (Å²) in [6, 6.07) is 7.09. The van der Waals surface area contributed by atoms with E-state index in [2.05, 4.69) is 18.7 Å². The van der Waals surface area contributed by atoms with Crippen LogP contribution in [0.2, 0.25) is 23.2 Å². The fourth-order valence-corrected chi connectivity index (χ4v) is 9.46. The normalized spacial score (nSPS) is 29.2. The molecule has 2 heterocycles. The molecule has 4 N–H and O–H groups in total. The van der Waals surface area contributed by atoms with E-state index in [1.54, 1.807) is 45.3 Å². The molecule has 3 rings (SSSR count). The second kappa shape index (κ2) is 22.3. The molecule has 60 heavy (non-hydrogen) atoms. The van der Waals surface area contributed by atoms with Crippen molar-refractivity contribution in [2.45, 2.75) is 173 Å². The van der Waals surface area contributed by atoms with E-state index in [0.717, 1.165) is 17.6 Å². The molecule has 11 atom stereocenters. The highest BCUT2D eigenvalue weighted by molar-refractivity contribution is 6.72. The molecule has 1 fully saturated rings. The zero-order valence-electron chi connectivity index (χ0n) is 38.3. The molecule has 7 unspecified atom stereocenters. The number of epoxide rings is 1. The van der Waals surface area contributed by atoms with Crippen molar-refractivity contribution in [2.24, 2.45) is 17.8 Å². The van der Waals surface area contributed by atoms with Gasteiger partial charge in [-0.05, 0) is 106 Å². The quantitative estimate of drug-likeness (QED) is 0.0352. The van der Waals surface area contributed by atoms with E-state index in [0.29, 0.717) is 37.4 Å². The molecule has 0 aromatic heterocycles. The first-order chi connectivity index (χ1) is 27.9. The SMILES string of the molecule is CC[C@H](OC)[C@@H](C)C1OC1C(N(CCCO)Cc1ccc(Cl)cc1)C(C)(O)/C=C/C=C(\C)[C@H]1OC(=O)CC(CC(C)(C)[Si](C)(C)O)CCC(C)(O)[C@@H](OC(C)=O)/C=C/C1C. The van der Waals surface area contributed by atoms with Gasteiger partial charge >= 0.3 is 11.9 Å². The number of benzene rings is 1. The van der Waals surface area contributed by atoms with Crippen LogP contribution in [0.25, 0.3) is 0 Å². The van der Waals surface area contributed by atoms with Gasteiger partial charge in [0.1, 0.15) is 23.9 Å². The Labute approximate surface area is 366 Å². The number of ether oxygens (including phenoxy) is 4. The second-order valence-corrected chi connectivity index (χ2v) is 23.9. The van der Waals surface area contributed by atoms with E-state index in [1.807, 2.05) is 71.1 Å². The number of carbonyl (C=O) groups is 2. The van der Waals surface area contributed by atoms with Gasteiger partial charge in [-0.25, -0.2) is 0 Å². The molecule has 11 nitrogen and oxygen atoms in total. The highest BCUT2D eigenvalue weighted by Crippen LogP contribution is 2.45. The number of esters is 2. The van der Waals surface area contributed by atoms with Gasteiger partial charge in [-0.2, -0.15) is 0 Å². The predicted molar refractivity (Wildman–Crippen MR) is 240 cm³/mol. The summed E-state index contributed by atoms with van der Waals surface area (Å²) in [4.78, 5) is 39.3. The Morgan fingerprint density at radius 3 is 2.37 bits per heavy atom. The summed E-state index contributed by atoms with van der Waals surface area (Å²) in [6.45, 7) is 21.5. The number of methoxy groups -OCH3 is 1. The lowest BCUT2D eigenvalue weighted by Crippen LogP contribution is -2.54. The molecule has 1 saturated heterocycles. The van der Waals surface area contributed by atoms with Gasteiger partial charge in [0.05, 0.1) is 23.9 Å². The number of cyclic esters (lactones) is 1. The van der Waals surface area contributed by atoms with Crippen molar-refractivity contribution in [3.63, 3.8) is 0 Å². The summed E-state index contributed by atoms with van der Waals surface area (Å²) in [5.74, 6) is -1.42. The first-order valence-corrected chi connectivity index (χ1v) is 25.1. The van der Waals surface area contributed by atoms with E-state index in [9.17, 15) is 29.7 Å². The summed E-state index contributed by atoms with van der Waals surface area (Å²) in [7, 11) is -0.929. The minimum atomic E-state index is -2.64. The lowest BCUT2D eigenvalue weighted by atomic mass is 9.83. The summed E-state index contributed by atoms with van der Waals surface area (Å²) < 4.78 is 24.1. The molecule has 0 amide bonds. The summed E-state index contributed by atoms with van der Waals surface area (Å²) in [5.41, 5.74) is -1.11. The monoisotopic (exact) mass is 877 g/mol. The van der Waals surface area contributed by atoms with Crippen LogP contribution in [0.1, 0.15) is 106 Å². The Balaban J connectivity index is 2.04. The van der Waals surface area contributed by atoms with Crippen molar-refractivity contribution in [3.05, 3.63) is 70.8 Å². The van der Waals surface area contributed by atoms with Crippen LogP contribution < -0.4 is 0 Å². The molecule has 0 saturated carbocycles. The zero-order chi connectivity index (χ0) is 45.2. The molecule has 340 valence electrons. The highest BCUT2D eigenvalue weighted by Gasteiger charge is 2.56. The van der Waals surface area contributed by atoms with Gasteiger partial charge in [0.15, 0.2) is 8.32 Å². The van der Waals surface area contributed by atoms with Gasteiger partial charge < -0.3 is 39.1 Å². The lowest BCUT2D eigenvalue weighted by Gasteiger charge is -2.39. The van der Waals surface area contributed by atoms with E-state index >= 15 is 0 Å². The summed E-state index contributed by atoms with van der Waals surface area (Å²) >= 11 is 6.22. The molecule has 13 heteroatoms. The highest BCUT2D eigenvalue weighted by atomic mass is 35.5. The number of halogens is 1. The van der Waals surface area contributed by atoms with Crippen LogP contribution in [-0.4, -0.2) is 113 Å². The molecule has 1 aromatic rings. The van der Waals surface area contributed by atoms with Crippen LogP contribution in [0.3, 0.4) is 0 Å². The maximum absolute atomic E-state index is 13.8. The van der Waals surface area contributed by atoms with E-state index in [1.165, 1.54) is 6.92 Å². The van der Waals surface area contributed by atoms with Crippen LogP contribution >= 0.6 is 11.6 Å². The third-order valence-corrected chi connectivity index (χ3v) is 16.8. The first kappa shape index (κ1) is 52.0. The molecule has 0 spiro atoms. The number of aliphatic hydroxyl groups excluding tert-OH is 1. The molecular formula is C47H76ClNO10Si. The molecule has 2 aliphatic rings. The van der Waals surface area contributed by atoms with Gasteiger partial charge in [-0.15, -0.1) is 0 Å². The number of carbonyl (C=O) groups excluding carboxylic acids is 2. The Morgan fingerprint density at radius 2 is 1.80 bits per heavy atom. The number of allylic oxidation sites excluding steroid dienone is 2. The van der Waals surface area contributed by atoms with E-state index in [4.69, 9.17) is 30.5 Å². The maximum Gasteiger partial charge on any atom is 0.306 e. The van der Waals surface area contributed by atoms with Crippen LogP contribution in [0, 0.1) is 17.8 Å². The van der Waals surface area contributed by atoms with Crippen molar-refractivity contribution < 1.29 is 48.7 Å². The Hall–Kier alpha value is -2.39. The topological polar surface area (TPSA) is 159 Å². The Kier molecular flexibility index (Phi) is 19.3. The van der Waals surface area contributed by atoms with Gasteiger partial charge in [0.25, 0.3) is 0 Å². The third-order valence-electron chi connectivity index (χ3n) is 13.0. The predicted octanol–water partition coefficient (Wildman–Crippen LogP) is 7.93. The molecule has 0 bridgehead atoms. The number of rotatable bonds is 19. The maximum atomic E-state index is 13.8. The fraction of sp³-hybridized carbons (Fsp3) is 0.702. The smallest absolute Gasteiger partial charge is 0.306 e. The van der Waals surface area contributed by atoms with Gasteiger partial charge in [0, 0.05) is 57.0 Å². The average Bonchev–Trinajstić information content (AvgIpc) is 3.93. The van der Waals surface area contributed by atoms with Crippen molar-refractivity contribution >= 4 is 31.9 Å². The third kappa shape index (κ3) is 14.9. The zero-order valence-corrected chi connectivity index (χ0v) is 40.1. The molecule has 2 aliphatic heterocycles. The Morgan fingerprint density at radius 1 is 1.15 bits per heavy atom. The van der Waals surface area contributed by atoms with Crippen molar-refractivity contribution in [2.75, 3.05) is 20.3 Å². The van der Waals surface area contributed by atoms with Crippen LogP contribution in [0.4, 0.5) is 0 Å². The largest absolute Gasteiger partial charge is 0.457 e. The van der Waals surface area contributed by atoms with Crippen LogP contribution in [-0.2, 0) is 35.1 Å². The van der Waals surface area contributed by atoms with Crippen LogP contribution in [0.5, 0.6) is 0 Å². The number of hydrogen-bond donors (Lipinski definition) is 4. The second-order valence-electron chi connectivity index (χ2n) is 19.0. The molecule has 1 aromatic carbocycles. The minimum Gasteiger partial charge on any atom is -0.457 e. The molecule has 0 radical (unpaired) electrons. The Bertz CT molecular complexity index is 1620. The van der Waals surface area contributed by atoms with Crippen molar-refractivity contribution in [1.82, 2.24) is 4.90 Å². The van der Waals surface area contributed by atoms with E-state index < -0.39 is 48.8 Å².